The van der Waals surface area contributed by atoms with Crippen LogP contribution in [-0.2, 0) is 0 Å². The molecule has 0 amide bonds. The SMILES string of the molecule is c1ccc(-c2nc(-c3ccccc3)nc(-c3cccc4c3sc3ccc(-c5ccc6sc7ccc(-n8c9ccccc9c9ccccc98)cc7c6c5)cc34)n2)cc1. The Labute approximate surface area is 335 Å². The summed E-state index contributed by atoms with van der Waals surface area (Å²) < 4.78 is 7.40. The maximum Gasteiger partial charge on any atom is 0.165 e. The number of nitrogens with zero attached hydrogens (tertiary/aromatic N) is 4. The molecular formula is C51H30N4S2. The monoisotopic (exact) mass is 762 g/mol. The Balaban J connectivity index is 0.983. The van der Waals surface area contributed by atoms with Crippen LogP contribution in [0.4, 0.5) is 0 Å². The third-order valence-corrected chi connectivity index (χ3v) is 13.4. The van der Waals surface area contributed by atoms with Crippen LogP contribution in [0.25, 0.3) is 113 Å². The van der Waals surface area contributed by atoms with E-state index in [0.717, 1.165) is 16.7 Å². The van der Waals surface area contributed by atoms with Crippen molar-refractivity contribution in [1.29, 1.82) is 0 Å². The Morgan fingerprint density at radius 2 is 0.825 bits per heavy atom. The molecule has 266 valence electrons. The minimum absolute atomic E-state index is 0.665. The van der Waals surface area contributed by atoms with Crippen LogP contribution in [0.1, 0.15) is 0 Å². The van der Waals surface area contributed by atoms with E-state index in [1.165, 1.54) is 79.0 Å². The van der Waals surface area contributed by atoms with E-state index < -0.39 is 0 Å². The molecule has 6 heteroatoms. The number of aromatic nitrogens is 4. The molecule has 0 saturated carbocycles. The van der Waals surface area contributed by atoms with Gasteiger partial charge in [-0.25, -0.2) is 15.0 Å². The molecule has 0 bridgehead atoms. The predicted molar refractivity (Wildman–Crippen MR) is 242 cm³/mol. The summed E-state index contributed by atoms with van der Waals surface area (Å²) in [6.45, 7) is 0. The Morgan fingerprint density at radius 1 is 0.333 bits per heavy atom. The lowest BCUT2D eigenvalue weighted by molar-refractivity contribution is 1.08. The van der Waals surface area contributed by atoms with Crippen molar-refractivity contribution in [3.63, 3.8) is 0 Å². The summed E-state index contributed by atoms with van der Waals surface area (Å²) in [4.78, 5) is 15.1. The molecule has 4 nitrogen and oxygen atoms in total. The Hall–Kier alpha value is -6.99. The number of hydrogen-bond acceptors (Lipinski definition) is 5. The maximum absolute atomic E-state index is 5.07. The number of benzene rings is 8. The molecule has 0 aliphatic heterocycles. The van der Waals surface area contributed by atoms with Crippen LogP contribution in [0.5, 0.6) is 0 Å². The zero-order valence-corrected chi connectivity index (χ0v) is 32.1. The third-order valence-electron chi connectivity index (χ3n) is 11.1. The smallest absolute Gasteiger partial charge is 0.165 e. The summed E-state index contributed by atoms with van der Waals surface area (Å²) in [5, 5.41) is 7.55. The van der Waals surface area contributed by atoms with E-state index >= 15 is 0 Å². The summed E-state index contributed by atoms with van der Waals surface area (Å²) in [5.41, 5.74) is 8.97. The van der Waals surface area contributed by atoms with Crippen LogP contribution >= 0.6 is 22.7 Å². The standard InChI is InChI=1S/C51H30N4S2/c1-3-12-31(13-4-1)49-52-50(32-14-5-2-6-15-32)54-51(53-49)39-19-11-18-38-40-28-33(23-26-47(40)57-48(38)39)34-22-25-45-41(29-34)42-30-35(24-27-46(42)56-45)55-43-20-9-7-16-36(43)37-17-8-10-21-44(37)55/h1-30H. The fraction of sp³-hybridized carbons (Fsp3) is 0. The van der Waals surface area contributed by atoms with Crippen LogP contribution in [0.15, 0.2) is 182 Å². The Bertz CT molecular complexity index is 3410. The van der Waals surface area contributed by atoms with Crippen LogP contribution in [-0.4, -0.2) is 19.5 Å². The van der Waals surface area contributed by atoms with Crippen molar-refractivity contribution in [2.45, 2.75) is 0 Å². The van der Waals surface area contributed by atoms with Crippen LogP contribution in [0.3, 0.4) is 0 Å². The molecule has 0 aliphatic rings. The van der Waals surface area contributed by atoms with E-state index in [2.05, 4.69) is 150 Å². The molecule has 0 fully saturated rings. The van der Waals surface area contributed by atoms with Crippen LogP contribution in [0.2, 0.25) is 0 Å². The molecule has 12 aromatic rings. The first-order valence-electron chi connectivity index (χ1n) is 19.0. The van der Waals surface area contributed by atoms with Crippen molar-refractivity contribution < 1.29 is 0 Å². The number of rotatable bonds is 5. The van der Waals surface area contributed by atoms with E-state index in [9.17, 15) is 0 Å². The Kier molecular flexibility index (Phi) is 7.24. The fourth-order valence-corrected chi connectivity index (χ4v) is 10.6. The van der Waals surface area contributed by atoms with Gasteiger partial charge < -0.3 is 4.57 Å². The lowest BCUT2D eigenvalue weighted by Crippen LogP contribution is -2.00. The summed E-state index contributed by atoms with van der Waals surface area (Å²) in [5.74, 6) is 2.01. The van der Waals surface area contributed by atoms with Gasteiger partial charge >= 0.3 is 0 Å². The fourth-order valence-electron chi connectivity index (χ4n) is 8.37. The van der Waals surface area contributed by atoms with Gasteiger partial charge in [-0.15, -0.1) is 22.7 Å². The highest BCUT2D eigenvalue weighted by molar-refractivity contribution is 7.26. The topological polar surface area (TPSA) is 43.6 Å². The molecule has 0 spiro atoms. The van der Waals surface area contributed by atoms with E-state index in [-0.39, 0.29) is 0 Å². The lowest BCUT2D eigenvalue weighted by Gasteiger charge is -2.09. The second-order valence-electron chi connectivity index (χ2n) is 14.4. The molecule has 0 saturated heterocycles. The largest absolute Gasteiger partial charge is 0.309 e. The van der Waals surface area contributed by atoms with Crippen molar-refractivity contribution >= 4 is 84.8 Å². The first kappa shape index (κ1) is 32.3. The van der Waals surface area contributed by atoms with Crippen molar-refractivity contribution in [2.75, 3.05) is 0 Å². The van der Waals surface area contributed by atoms with E-state index in [0.29, 0.717) is 17.5 Å². The van der Waals surface area contributed by atoms with Gasteiger partial charge in [-0.2, -0.15) is 0 Å². The average Bonchev–Trinajstić information content (AvgIpc) is 3.95. The number of hydrogen-bond donors (Lipinski definition) is 0. The molecular weight excluding hydrogens is 733 g/mol. The van der Waals surface area contributed by atoms with Gasteiger partial charge in [-0.3, -0.25) is 0 Å². The normalized spacial score (nSPS) is 11.9. The van der Waals surface area contributed by atoms with Gasteiger partial charge in [0.25, 0.3) is 0 Å². The van der Waals surface area contributed by atoms with Gasteiger partial charge in [-0.05, 0) is 71.8 Å². The van der Waals surface area contributed by atoms with Gasteiger partial charge in [0.2, 0.25) is 0 Å². The highest BCUT2D eigenvalue weighted by atomic mass is 32.1. The zero-order chi connectivity index (χ0) is 37.5. The maximum atomic E-state index is 5.07. The molecule has 4 aromatic heterocycles. The molecule has 12 rings (SSSR count). The molecule has 0 radical (unpaired) electrons. The molecule has 0 N–H and O–H groups in total. The molecule has 57 heavy (non-hydrogen) atoms. The van der Waals surface area contributed by atoms with Gasteiger partial charge in [0, 0.05) is 73.5 Å². The van der Waals surface area contributed by atoms with E-state index in [1.54, 1.807) is 11.3 Å². The molecule has 8 aromatic carbocycles. The first-order valence-corrected chi connectivity index (χ1v) is 20.6. The van der Waals surface area contributed by atoms with Crippen molar-refractivity contribution in [3.05, 3.63) is 182 Å². The van der Waals surface area contributed by atoms with Gasteiger partial charge in [0.15, 0.2) is 17.5 Å². The zero-order valence-electron chi connectivity index (χ0n) is 30.4. The van der Waals surface area contributed by atoms with Crippen LogP contribution in [0, 0.1) is 0 Å². The number of thiophene rings is 2. The number of fused-ring (bicyclic) bond motifs is 9. The average molecular weight is 763 g/mol. The predicted octanol–water partition coefficient (Wildman–Crippen LogP) is 14.4. The molecule has 4 heterocycles. The first-order chi connectivity index (χ1) is 28.2. The lowest BCUT2D eigenvalue weighted by atomic mass is 10.00. The second kappa shape index (κ2) is 12.8. The van der Waals surface area contributed by atoms with Crippen LogP contribution < -0.4 is 0 Å². The highest BCUT2D eigenvalue weighted by Gasteiger charge is 2.18. The highest BCUT2D eigenvalue weighted by Crippen LogP contribution is 2.43. The second-order valence-corrected chi connectivity index (χ2v) is 16.5. The minimum atomic E-state index is 0.665. The Morgan fingerprint density at radius 3 is 1.46 bits per heavy atom. The molecule has 0 aliphatic carbocycles. The third kappa shape index (κ3) is 5.22. The summed E-state index contributed by atoms with van der Waals surface area (Å²) in [6, 6.07) is 65.0. The summed E-state index contributed by atoms with van der Waals surface area (Å²) in [6.07, 6.45) is 0. The van der Waals surface area contributed by atoms with E-state index in [4.69, 9.17) is 15.0 Å². The van der Waals surface area contributed by atoms with Crippen molar-refractivity contribution in [2.24, 2.45) is 0 Å². The van der Waals surface area contributed by atoms with Gasteiger partial charge in [0.05, 0.1) is 11.0 Å². The molecule has 0 unspecified atom stereocenters. The number of para-hydroxylation sites is 2. The van der Waals surface area contributed by atoms with E-state index in [1.807, 2.05) is 47.7 Å². The molecule has 0 atom stereocenters. The van der Waals surface area contributed by atoms with Crippen molar-refractivity contribution in [1.82, 2.24) is 19.5 Å². The quantitative estimate of drug-likeness (QED) is 0.175. The van der Waals surface area contributed by atoms with Gasteiger partial charge in [-0.1, -0.05) is 121 Å². The summed E-state index contributed by atoms with van der Waals surface area (Å²) >= 11 is 3.66. The van der Waals surface area contributed by atoms with Gasteiger partial charge in [0.1, 0.15) is 0 Å². The minimum Gasteiger partial charge on any atom is -0.309 e. The van der Waals surface area contributed by atoms with Crippen molar-refractivity contribution in [3.8, 4) is 51.0 Å². The summed E-state index contributed by atoms with van der Waals surface area (Å²) in [7, 11) is 0.